The Morgan fingerprint density at radius 2 is 1.77 bits per heavy atom. The fraction of sp³-hybridized carbons (Fsp3) is 0.130. The Hall–Kier alpha value is -2.70. The van der Waals surface area contributed by atoms with Gasteiger partial charge in [-0.1, -0.05) is 52.3 Å². The van der Waals surface area contributed by atoms with E-state index in [1.165, 1.54) is 0 Å². The van der Waals surface area contributed by atoms with Crippen LogP contribution < -0.4 is 0 Å². The molecule has 3 heteroatoms. The first kappa shape index (κ1) is 18.1. The van der Waals surface area contributed by atoms with Gasteiger partial charge in [0.1, 0.15) is 0 Å². The quantitative estimate of drug-likeness (QED) is 0.369. The first-order chi connectivity index (χ1) is 12.6. The molecule has 3 aromatic rings. The molecule has 0 N–H and O–H groups in total. The maximum Gasteiger partial charge on any atom is 0.0991 e. The number of para-hydroxylation sites is 1. The third-order valence-electron chi connectivity index (χ3n) is 4.34. The highest BCUT2D eigenvalue weighted by molar-refractivity contribution is 9.10. The Morgan fingerprint density at radius 3 is 2.50 bits per heavy atom. The van der Waals surface area contributed by atoms with E-state index in [2.05, 4.69) is 34.1 Å². The van der Waals surface area contributed by atoms with Crippen LogP contribution in [0.15, 0.2) is 82.4 Å². The number of pyridine rings is 1. The lowest BCUT2D eigenvalue weighted by molar-refractivity contribution is 1.06. The van der Waals surface area contributed by atoms with Gasteiger partial charge in [-0.05, 0) is 60.9 Å². The van der Waals surface area contributed by atoms with Gasteiger partial charge in [-0.3, -0.25) is 4.98 Å². The van der Waals surface area contributed by atoms with E-state index in [-0.39, 0.29) is 0 Å². The molecule has 0 aliphatic rings. The van der Waals surface area contributed by atoms with Crippen LogP contribution in [-0.2, 0) is 6.42 Å². The van der Waals surface area contributed by atoms with Crippen molar-refractivity contribution in [1.29, 1.82) is 5.26 Å². The van der Waals surface area contributed by atoms with Gasteiger partial charge in [-0.15, -0.1) is 0 Å². The number of hydrogen-bond acceptors (Lipinski definition) is 2. The zero-order chi connectivity index (χ0) is 18.5. The van der Waals surface area contributed by atoms with Gasteiger partial charge in [-0.2, -0.15) is 5.26 Å². The zero-order valence-electron chi connectivity index (χ0n) is 14.8. The molecule has 0 unspecified atom stereocenters. The van der Waals surface area contributed by atoms with E-state index in [4.69, 9.17) is 4.98 Å². The zero-order valence-corrected chi connectivity index (χ0v) is 16.4. The molecule has 1 aromatic heterocycles. The first-order valence-electron chi connectivity index (χ1n) is 8.45. The second-order valence-corrected chi connectivity index (χ2v) is 7.23. The summed E-state index contributed by atoms with van der Waals surface area (Å²) >= 11 is 3.45. The third-order valence-corrected chi connectivity index (χ3v) is 4.87. The molecule has 26 heavy (non-hydrogen) atoms. The van der Waals surface area contributed by atoms with Crippen molar-refractivity contribution < 1.29 is 0 Å². The molecule has 0 spiro atoms. The maximum atomic E-state index is 9.61. The predicted molar refractivity (Wildman–Crippen MR) is 112 cm³/mol. The van der Waals surface area contributed by atoms with Crippen molar-refractivity contribution in [1.82, 2.24) is 4.98 Å². The van der Waals surface area contributed by atoms with Crippen LogP contribution in [0.4, 0.5) is 0 Å². The average Bonchev–Trinajstić information content (AvgIpc) is 2.66. The molecule has 0 saturated heterocycles. The van der Waals surface area contributed by atoms with Gasteiger partial charge in [0.05, 0.1) is 17.2 Å². The molecule has 0 saturated carbocycles. The lowest BCUT2D eigenvalue weighted by Gasteiger charge is -2.06. The van der Waals surface area contributed by atoms with Gasteiger partial charge in [-0.25, -0.2) is 0 Å². The van der Waals surface area contributed by atoms with E-state index in [1.807, 2.05) is 68.5 Å². The summed E-state index contributed by atoms with van der Waals surface area (Å²) in [7, 11) is 0. The van der Waals surface area contributed by atoms with E-state index in [0.717, 1.165) is 37.8 Å². The highest BCUT2D eigenvalue weighted by Gasteiger charge is 2.05. The smallest absolute Gasteiger partial charge is 0.0991 e. The number of allylic oxidation sites excluding steroid dienone is 4. The van der Waals surface area contributed by atoms with Gasteiger partial charge in [0.25, 0.3) is 0 Å². The van der Waals surface area contributed by atoms with E-state index in [0.29, 0.717) is 12.0 Å². The fourth-order valence-electron chi connectivity index (χ4n) is 2.84. The minimum Gasteiger partial charge on any atom is -0.253 e. The lowest BCUT2D eigenvalue weighted by atomic mass is 10.00. The lowest BCUT2D eigenvalue weighted by Crippen LogP contribution is -1.95. The van der Waals surface area contributed by atoms with E-state index >= 15 is 0 Å². The molecule has 0 bridgehead atoms. The van der Waals surface area contributed by atoms with Crippen LogP contribution in [0.1, 0.15) is 25.1 Å². The standard InChI is InChI=1S/C23H19BrN2/c1-16(18-7-10-21(24)11-8-18)13-20(15-25)17(2)14-22-12-9-19-5-3-4-6-23(19)26-22/h3-13H,14H2,1-2H3. The molecular weight excluding hydrogens is 384 g/mol. The second kappa shape index (κ2) is 8.12. The third kappa shape index (κ3) is 4.28. The van der Waals surface area contributed by atoms with Crippen LogP contribution in [0, 0.1) is 11.3 Å². The molecular formula is C23H19BrN2. The summed E-state index contributed by atoms with van der Waals surface area (Å²) in [5.74, 6) is 0. The van der Waals surface area contributed by atoms with Crippen LogP contribution >= 0.6 is 15.9 Å². The van der Waals surface area contributed by atoms with E-state index in [1.54, 1.807) is 0 Å². The highest BCUT2D eigenvalue weighted by atomic mass is 79.9. The first-order valence-corrected chi connectivity index (χ1v) is 9.25. The van der Waals surface area contributed by atoms with E-state index < -0.39 is 0 Å². The van der Waals surface area contributed by atoms with Crippen LogP contribution in [-0.4, -0.2) is 4.98 Å². The summed E-state index contributed by atoms with van der Waals surface area (Å²) in [5.41, 5.74) is 5.85. The second-order valence-electron chi connectivity index (χ2n) is 6.31. The Kier molecular flexibility index (Phi) is 5.65. The predicted octanol–water partition coefficient (Wildman–Crippen LogP) is 6.48. The Labute approximate surface area is 162 Å². The van der Waals surface area contributed by atoms with Gasteiger partial charge in [0.2, 0.25) is 0 Å². The Balaban J connectivity index is 1.88. The van der Waals surface area contributed by atoms with Crippen molar-refractivity contribution >= 4 is 32.4 Å². The summed E-state index contributed by atoms with van der Waals surface area (Å²) in [6.45, 7) is 4.03. The van der Waals surface area contributed by atoms with Crippen molar-refractivity contribution in [3.63, 3.8) is 0 Å². The summed E-state index contributed by atoms with van der Waals surface area (Å²) in [6, 6.07) is 22.6. The molecule has 1 heterocycles. The number of nitriles is 1. The fourth-order valence-corrected chi connectivity index (χ4v) is 3.10. The normalized spacial score (nSPS) is 12.6. The van der Waals surface area contributed by atoms with Gasteiger partial charge in [0.15, 0.2) is 0 Å². The molecule has 0 aliphatic carbocycles. The van der Waals surface area contributed by atoms with Crippen molar-refractivity contribution in [3.05, 3.63) is 93.6 Å². The highest BCUT2D eigenvalue weighted by Crippen LogP contribution is 2.21. The number of aromatic nitrogens is 1. The molecule has 2 nitrogen and oxygen atoms in total. The van der Waals surface area contributed by atoms with Crippen LogP contribution in [0.2, 0.25) is 0 Å². The van der Waals surface area contributed by atoms with Gasteiger partial charge < -0.3 is 0 Å². The van der Waals surface area contributed by atoms with Crippen LogP contribution in [0.3, 0.4) is 0 Å². The maximum absolute atomic E-state index is 9.61. The minimum absolute atomic E-state index is 0.665. The molecule has 0 aliphatic heterocycles. The van der Waals surface area contributed by atoms with Crippen LogP contribution in [0.5, 0.6) is 0 Å². The number of halogens is 1. The molecule has 3 rings (SSSR count). The Bertz CT molecular complexity index is 1040. The summed E-state index contributed by atoms with van der Waals surface area (Å²) in [6.07, 6.45) is 2.62. The van der Waals surface area contributed by atoms with Gasteiger partial charge >= 0.3 is 0 Å². The Morgan fingerprint density at radius 1 is 1.04 bits per heavy atom. The molecule has 0 atom stereocenters. The van der Waals surface area contributed by atoms with Crippen molar-refractivity contribution in [2.45, 2.75) is 20.3 Å². The molecule has 0 fully saturated rings. The number of rotatable bonds is 4. The summed E-state index contributed by atoms with van der Waals surface area (Å²) in [5, 5.41) is 10.7. The van der Waals surface area contributed by atoms with Crippen molar-refractivity contribution in [2.24, 2.45) is 0 Å². The molecule has 0 amide bonds. The number of hydrogen-bond donors (Lipinski definition) is 0. The largest absolute Gasteiger partial charge is 0.253 e. The molecule has 0 radical (unpaired) electrons. The van der Waals surface area contributed by atoms with E-state index in [9.17, 15) is 5.26 Å². The van der Waals surface area contributed by atoms with Gasteiger partial charge in [0, 0.05) is 22.0 Å². The van der Waals surface area contributed by atoms with Crippen molar-refractivity contribution in [2.75, 3.05) is 0 Å². The minimum atomic E-state index is 0.665. The number of nitrogens with zero attached hydrogens (tertiary/aromatic N) is 2. The SMILES string of the molecule is CC(=CC(C#N)=C(C)Cc1ccc2ccccc2n1)c1ccc(Br)cc1. The van der Waals surface area contributed by atoms with Crippen LogP contribution in [0.25, 0.3) is 16.5 Å². The number of benzene rings is 2. The molecule has 128 valence electrons. The summed E-state index contributed by atoms with van der Waals surface area (Å²) in [4.78, 5) is 4.71. The monoisotopic (exact) mass is 402 g/mol. The van der Waals surface area contributed by atoms with Crippen molar-refractivity contribution in [3.8, 4) is 6.07 Å². The average molecular weight is 403 g/mol. The molecule has 2 aromatic carbocycles. The summed E-state index contributed by atoms with van der Waals surface area (Å²) < 4.78 is 1.05. The number of fused-ring (bicyclic) bond motifs is 1. The topological polar surface area (TPSA) is 36.7 Å².